The minimum Gasteiger partial charge on any atom is -0.325 e. The van der Waals surface area contributed by atoms with E-state index in [4.69, 9.17) is 5.73 Å². The summed E-state index contributed by atoms with van der Waals surface area (Å²) in [6.45, 7) is 2.16. The Hall–Kier alpha value is -0.340. The van der Waals surface area contributed by atoms with Crippen LogP contribution in [-0.4, -0.2) is 5.54 Å². The third-order valence-electron chi connectivity index (χ3n) is 2.37. The van der Waals surface area contributed by atoms with E-state index in [0.29, 0.717) is 0 Å². The Morgan fingerprint density at radius 1 is 1.64 bits per heavy atom. The highest BCUT2D eigenvalue weighted by Gasteiger charge is 2.38. The van der Waals surface area contributed by atoms with Gasteiger partial charge in [-0.25, -0.2) is 0 Å². The van der Waals surface area contributed by atoms with Gasteiger partial charge in [0.15, 0.2) is 0 Å². The van der Waals surface area contributed by atoms with Crippen molar-refractivity contribution in [2.75, 3.05) is 0 Å². The Bertz CT molecular complexity index is 260. The average molecular weight is 167 g/mol. The summed E-state index contributed by atoms with van der Waals surface area (Å²) in [5.74, 6) is 0. The van der Waals surface area contributed by atoms with Crippen molar-refractivity contribution in [2.45, 2.75) is 31.7 Å². The molecule has 1 nitrogen and oxygen atoms in total. The first-order valence-corrected chi connectivity index (χ1v) is 4.89. The molecule has 1 fully saturated rings. The van der Waals surface area contributed by atoms with Crippen LogP contribution in [0.15, 0.2) is 11.4 Å². The van der Waals surface area contributed by atoms with Gasteiger partial charge in [0, 0.05) is 16.8 Å². The fourth-order valence-corrected chi connectivity index (χ4v) is 2.30. The summed E-state index contributed by atoms with van der Waals surface area (Å²) in [6.07, 6.45) is 3.52. The predicted octanol–water partition coefficient (Wildman–Crippen LogP) is 2.09. The summed E-state index contributed by atoms with van der Waals surface area (Å²) in [5.41, 5.74) is 7.60. The molecule has 0 atom stereocenters. The van der Waals surface area contributed by atoms with Crippen molar-refractivity contribution in [1.29, 1.82) is 0 Å². The van der Waals surface area contributed by atoms with Crippen LogP contribution in [0.1, 0.15) is 23.3 Å². The molecule has 1 aliphatic rings. The molecule has 60 valence electrons. The number of hydrogen-bond donors (Lipinski definition) is 1. The van der Waals surface area contributed by atoms with Crippen LogP contribution in [0.25, 0.3) is 0 Å². The molecule has 0 radical (unpaired) electrons. The van der Waals surface area contributed by atoms with E-state index >= 15 is 0 Å². The van der Waals surface area contributed by atoms with Gasteiger partial charge in [-0.1, -0.05) is 0 Å². The van der Waals surface area contributed by atoms with Crippen molar-refractivity contribution in [3.8, 4) is 0 Å². The van der Waals surface area contributed by atoms with Crippen molar-refractivity contribution < 1.29 is 0 Å². The van der Waals surface area contributed by atoms with E-state index in [1.165, 1.54) is 23.3 Å². The van der Waals surface area contributed by atoms with Gasteiger partial charge in [0.25, 0.3) is 0 Å². The number of hydrogen-bond acceptors (Lipinski definition) is 2. The van der Waals surface area contributed by atoms with Crippen LogP contribution in [0.2, 0.25) is 0 Å². The standard InChI is InChI=1S/C9H13NS/c1-7-2-5-11-8(7)6-9(10)3-4-9/h2,5H,3-4,6,10H2,1H3. The molecule has 2 heteroatoms. The van der Waals surface area contributed by atoms with E-state index < -0.39 is 0 Å². The highest BCUT2D eigenvalue weighted by Crippen LogP contribution is 2.37. The molecule has 0 aromatic carbocycles. The second-order valence-electron chi connectivity index (χ2n) is 3.57. The molecule has 0 saturated heterocycles. The summed E-state index contributed by atoms with van der Waals surface area (Å²) in [5, 5.41) is 2.15. The van der Waals surface area contributed by atoms with E-state index in [2.05, 4.69) is 18.4 Å². The molecular formula is C9H13NS. The quantitative estimate of drug-likeness (QED) is 0.717. The lowest BCUT2D eigenvalue weighted by Crippen LogP contribution is -2.24. The third-order valence-corrected chi connectivity index (χ3v) is 3.40. The molecule has 1 heterocycles. The van der Waals surface area contributed by atoms with Gasteiger partial charge in [-0.3, -0.25) is 0 Å². The maximum atomic E-state index is 6.01. The Morgan fingerprint density at radius 2 is 2.36 bits per heavy atom. The van der Waals surface area contributed by atoms with Crippen LogP contribution < -0.4 is 5.73 Å². The van der Waals surface area contributed by atoms with Crippen LogP contribution in [0, 0.1) is 6.92 Å². The lowest BCUT2D eigenvalue weighted by atomic mass is 10.1. The van der Waals surface area contributed by atoms with Crippen LogP contribution in [0.5, 0.6) is 0 Å². The number of nitrogens with two attached hydrogens (primary N) is 1. The van der Waals surface area contributed by atoms with E-state index in [0.717, 1.165) is 6.42 Å². The zero-order valence-corrected chi connectivity index (χ0v) is 7.58. The van der Waals surface area contributed by atoms with Gasteiger partial charge in [0.1, 0.15) is 0 Å². The summed E-state index contributed by atoms with van der Waals surface area (Å²) in [6, 6.07) is 2.17. The molecule has 2 N–H and O–H groups in total. The van der Waals surface area contributed by atoms with Gasteiger partial charge in [-0.2, -0.15) is 0 Å². The largest absolute Gasteiger partial charge is 0.325 e. The first-order valence-electron chi connectivity index (χ1n) is 4.01. The van der Waals surface area contributed by atoms with E-state index in [1.807, 2.05) is 11.3 Å². The summed E-state index contributed by atoms with van der Waals surface area (Å²) in [4.78, 5) is 1.48. The number of thiophene rings is 1. The summed E-state index contributed by atoms with van der Waals surface area (Å²) in [7, 11) is 0. The number of aryl methyl sites for hydroxylation is 1. The first kappa shape index (κ1) is 7.32. The average Bonchev–Trinajstić information content (AvgIpc) is 2.54. The van der Waals surface area contributed by atoms with Gasteiger partial charge in [0.2, 0.25) is 0 Å². The van der Waals surface area contributed by atoms with Crippen molar-refractivity contribution in [2.24, 2.45) is 5.73 Å². The van der Waals surface area contributed by atoms with Gasteiger partial charge < -0.3 is 5.73 Å². The highest BCUT2D eigenvalue weighted by molar-refractivity contribution is 7.10. The number of rotatable bonds is 2. The predicted molar refractivity (Wildman–Crippen MR) is 48.9 cm³/mol. The van der Waals surface area contributed by atoms with E-state index in [1.54, 1.807) is 0 Å². The Morgan fingerprint density at radius 3 is 2.82 bits per heavy atom. The molecule has 2 rings (SSSR count). The van der Waals surface area contributed by atoms with Crippen LogP contribution in [0.3, 0.4) is 0 Å². The highest BCUT2D eigenvalue weighted by atomic mass is 32.1. The third kappa shape index (κ3) is 1.47. The minimum atomic E-state index is 0.176. The molecule has 1 aromatic rings. The van der Waals surface area contributed by atoms with Gasteiger partial charge >= 0.3 is 0 Å². The Kier molecular flexibility index (Phi) is 1.55. The SMILES string of the molecule is Cc1ccsc1CC1(N)CC1. The Labute approximate surface area is 71.2 Å². The molecule has 1 aromatic heterocycles. The molecule has 0 aliphatic heterocycles. The fraction of sp³-hybridized carbons (Fsp3) is 0.556. The maximum absolute atomic E-state index is 6.01. The topological polar surface area (TPSA) is 26.0 Å². The van der Waals surface area contributed by atoms with Crippen LogP contribution in [0.4, 0.5) is 0 Å². The molecule has 1 saturated carbocycles. The maximum Gasteiger partial charge on any atom is 0.0204 e. The van der Waals surface area contributed by atoms with Gasteiger partial charge in [-0.15, -0.1) is 11.3 Å². The first-order chi connectivity index (χ1) is 5.20. The zero-order valence-electron chi connectivity index (χ0n) is 6.76. The minimum absolute atomic E-state index is 0.176. The molecule has 1 aliphatic carbocycles. The molecule has 0 amide bonds. The zero-order chi connectivity index (χ0) is 7.90. The van der Waals surface area contributed by atoms with Crippen molar-refractivity contribution >= 4 is 11.3 Å². The second kappa shape index (κ2) is 2.32. The normalized spacial score (nSPS) is 20.2. The molecular weight excluding hydrogens is 154 g/mol. The van der Waals surface area contributed by atoms with Gasteiger partial charge in [0.05, 0.1) is 0 Å². The molecule has 11 heavy (non-hydrogen) atoms. The van der Waals surface area contributed by atoms with E-state index in [-0.39, 0.29) is 5.54 Å². The molecule has 0 unspecified atom stereocenters. The lowest BCUT2D eigenvalue weighted by Gasteiger charge is -2.06. The summed E-state index contributed by atoms with van der Waals surface area (Å²) < 4.78 is 0. The second-order valence-corrected chi connectivity index (χ2v) is 4.57. The molecule has 0 bridgehead atoms. The Balaban J connectivity index is 2.12. The smallest absolute Gasteiger partial charge is 0.0204 e. The van der Waals surface area contributed by atoms with Crippen molar-refractivity contribution in [1.82, 2.24) is 0 Å². The molecule has 0 spiro atoms. The van der Waals surface area contributed by atoms with E-state index in [9.17, 15) is 0 Å². The van der Waals surface area contributed by atoms with Crippen molar-refractivity contribution in [3.63, 3.8) is 0 Å². The summed E-state index contributed by atoms with van der Waals surface area (Å²) >= 11 is 1.84. The lowest BCUT2D eigenvalue weighted by molar-refractivity contribution is 0.677. The monoisotopic (exact) mass is 167 g/mol. The van der Waals surface area contributed by atoms with Gasteiger partial charge in [-0.05, 0) is 36.8 Å². The van der Waals surface area contributed by atoms with Crippen LogP contribution in [-0.2, 0) is 6.42 Å². The van der Waals surface area contributed by atoms with Crippen molar-refractivity contribution in [3.05, 3.63) is 21.9 Å². The fourth-order valence-electron chi connectivity index (χ4n) is 1.24. The van der Waals surface area contributed by atoms with Crippen LogP contribution >= 0.6 is 11.3 Å².